The molecular formula is C14H18N2O. The molecular weight excluding hydrogens is 212 g/mol. The second kappa shape index (κ2) is 5.25. The van der Waals surface area contributed by atoms with Gasteiger partial charge in [-0.3, -0.25) is 9.88 Å². The predicted molar refractivity (Wildman–Crippen MR) is 69.8 cm³/mol. The van der Waals surface area contributed by atoms with E-state index in [0.717, 1.165) is 17.4 Å². The van der Waals surface area contributed by atoms with Crippen molar-refractivity contribution in [3.8, 4) is 0 Å². The van der Waals surface area contributed by atoms with Crippen LogP contribution in [0.4, 0.5) is 0 Å². The zero-order valence-corrected chi connectivity index (χ0v) is 10.3. The number of aliphatic hydroxyl groups is 1. The van der Waals surface area contributed by atoms with E-state index in [-0.39, 0.29) is 6.10 Å². The fourth-order valence-electron chi connectivity index (χ4n) is 2.05. The second-order valence-electron chi connectivity index (χ2n) is 4.58. The van der Waals surface area contributed by atoms with Gasteiger partial charge < -0.3 is 5.11 Å². The number of likely N-dealkylation sites (N-methyl/N-ethyl adjacent to an activating group) is 1. The lowest BCUT2D eigenvalue weighted by atomic mass is 10.1. The number of pyridine rings is 1. The summed E-state index contributed by atoms with van der Waals surface area (Å²) < 4.78 is 0. The summed E-state index contributed by atoms with van der Waals surface area (Å²) in [6.45, 7) is 3.33. The largest absolute Gasteiger partial charge is 0.392 e. The van der Waals surface area contributed by atoms with Gasteiger partial charge in [0.15, 0.2) is 0 Å². The molecule has 1 atom stereocenters. The predicted octanol–water partition coefficient (Wildman–Crippen LogP) is 2.05. The topological polar surface area (TPSA) is 36.4 Å². The van der Waals surface area contributed by atoms with E-state index in [2.05, 4.69) is 28.1 Å². The van der Waals surface area contributed by atoms with E-state index in [1.807, 2.05) is 25.4 Å². The van der Waals surface area contributed by atoms with Crippen LogP contribution in [-0.2, 0) is 6.54 Å². The first-order valence-electron chi connectivity index (χ1n) is 5.85. The third-order valence-corrected chi connectivity index (χ3v) is 2.70. The normalized spacial score (nSPS) is 13.2. The van der Waals surface area contributed by atoms with Gasteiger partial charge in [0.25, 0.3) is 0 Å². The maximum Gasteiger partial charge on any atom is 0.0702 e. The van der Waals surface area contributed by atoms with Gasteiger partial charge in [-0.1, -0.05) is 12.1 Å². The number of hydrogen-bond donors (Lipinski definition) is 1. The van der Waals surface area contributed by atoms with Crippen LogP contribution >= 0.6 is 0 Å². The van der Waals surface area contributed by atoms with Crippen molar-refractivity contribution in [2.45, 2.75) is 19.6 Å². The lowest BCUT2D eigenvalue weighted by Gasteiger charge is -2.18. The van der Waals surface area contributed by atoms with Gasteiger partial charge in [-0.05, 0) is 37.7 Å². The van der Waals surface area contributed by atoms with E-state index in [1.54, 1.807) is 6.92 Å². The molecule has 1 heterocycles. The maximum atomic E-state index is 9.32. The highest BCUT2D eigenvalue weighted by atomic mass is 16.3. The Morgan fingerprint density at radius 3 is 2.94 bits per heavy atom. The first-order chi connectivity index (χ1) is 8.15. The molecule has 1 aromatic carbocycles. The van der Waals surface area contributed by atoms with Crippen LogP contribution < -0.4 is 0 Å². The molecule has 1 unspecified atom stereocenters. The van der Waals surface area contributed by atoms with Gasteiger partial charge in [-0.2, -0.15) is 0 Å². The molecule has 0 aliphatic rings. The molecule has 0 amide bonds. The van der Waals surface area contributed by atoms with Crippen molar-refractivity contribution in [3.63, 3.8) is 0 Å². The quantitative estimate of drug-likeness (QED) is 0.873. The lowest BCUT2D eigenvalue weighted by molar-refractivity contribution is 0.138. The minimum atomic E-state index is -0.290. The van der Waals surface area contributed by atoms with Gasteiger partial charge in [0, 0.05) is 24.7 Å². The molecule has 0 radical (unpaired) electrons. The Labute approximate surface area is 102 Å². The average Bonchev–Trinajstić information content (AvgIpc) is 2.27. The van der Waals surface area contributed by atoms with E-state index in [0.29, 0.717) is 6.54 Å². The molecule has 0 aliphatic carbocycles. The molecule has 1 N–H and O–H groups in total. The van der Waals surface area contributed by atoms with E-state index in [4.69, 9.17) is 0 Å². The van der Waals surface area contributed by atoms with Gasteiger partial charge >= 0.3 is 0 Å². The maximum absolute atomic E-state index is 9.32. The van der Waals surface area contributed by atoms with Crippen LogP contribution in [-0.4, -0.2) is 34.7 Å². The van der Waals surface area contributed by atoms with E-state index in [9.17, 15) is 5.11 Å². The first-order valence-corrected chi connectivity index (χ1v) is 5.85. The summed E-state index contributed by atoms with van der Waals surface area (Å²) in [5.41, 5.74) is 2.27. The molecule has 0 saturated heterocycles. The highest BCUT2D eigenvalue weighted by molar-refractivity contribution is 5.78. The Hall–Kier alpha value is -1.45. The number of benzene rings is 1. The third-order valence-electron chi connectivity index (χ3n) is 2.70. The van der Waals surface area contributed by atoms with E-state index < -0.39 is 0 Å². The third kappa shape index (κ3) is 3.25. The van der Waals surface area contributed by atoms with Gasteiger partial charge in [0.1, 0.15) is 0 Å². The summed E-state index contributed by atoms with van der Waals surface area (Å²) in [5, 5.41) is 10.5. The minimum absolute atomic E-state index is 0.290. The summed E-state index contributed by atoms with van der Waals surface area (Å²) in [7, 11) is 2.01. The van der Waals surface area contributed by atoms with Crippen molar-refractivity contribution in [1.82, 2.24) is 9.88 Å². The number of aliphatic hydroxyl groups excluding tert-OH is 1. The standard InChI is InChI=1S/C14H18N2O/c1-11(17)9-16(2)10-12-5-6-14-13(8-12)4-3-7-15-14/h3-8,11,17H,9-10H2,1-2H3. The Morgan fingerprint density at radius 2 is 2.18 bits per heavy atom. The summed E-state index contributed by atoms with van der Waals surface area (Å²) in [4.78, 5) is 6.41. The number of hydrogen-bond acceptors (Lipinski definition) is 3. The molecule has 2 rings (SSSR count). The fourth-order valence-corrected chi connectivity index (χ4v) is 2.05. The Balaban J connectivity index is 2.14. The Kier molecular flexibility index (Phi) is 3.71. The van der Waals surface area contributed by atoms with Crippen LogP contribution in [0, 0.1) is 0 Å². The zero-order valence-electron chi connectivity index (χ0n) is 10.3. The lowest BCUT2D eigenvalue weighted by Crippen LogP contribution is -2.26. The van der Waals surface area contributed by atoms with E-state index in [1.165, 1.54) is 5.56 Å². The second-order valence-corrected chi connectivity index (χ2v) is 4.58. The first kappa shape index (κ1) is 12.0. The molecule has 0 bridgehead atoms. The minimum Gasteiger partial charge on any atom is -0.392 e. The van der Waals surface area contributed by atoms with Crippen molar-refractivity contribution in [1.29, 1.82) is 0 Å². The number of aromatic nitrogens is 1. The number of rotatable bonds is 4. The number of fused-ring (bicyclic) bond motifs is 1. The van der Waals surface area contributed by atoms with Crippen LogP contribution in [0.3, 0.4) is 0 Å². The monoisotopic (exact) mass is 230 g/mol. The zero-order chi connectivity index (χ0) is 12.3. The van der Waals surface area contributed by atoms with Crippen molar-refractivity contribution >= 4 is 10.9 Å². The van der Waals surface area contributed by atoms with Crippen molar-refractivity contribution in [2.75, 3.05) is 13.6 Å². The van der Waals surface area contributed by atoms with Crippen molar-refractivity contribution in [2.24, 2.45) is 0 Å². The highest BCUT2D eigenvalue weighted by Gasteiger charge is 2.04. The Morgan fingerprint density at radius 1 is 1.35 bits per heavy atom. The Bertz CT molecular complexity index is 496. The molecule has 0 fully saturated rings. The smallest absolute Gasteiger partial charge is 0.0702 e. The summed E-state index contributed by atoms with van der Waals surface area (Å²) >= 11 is 0. The molecule has 17 heavy (non-hydrogen) atoms. The molecule has 0 spiro atoms. The van der Waals surface area contributed by atoms with Crippen LogP contribution in [0.2, 0.25) is 0 Å². The van der Waals surface area contributed by atoms with Crippen molar-refractivity contribution < 1.29 is 5.11 Å². The van der Waals surface area contributed by atoms with Gasteiger partial charge in [-0.15, -0.1) is 0 Å². The van der Waals surface area contributed by atoms with Crippen LogP contribution in [0.25, 0.3) is 10.9 Å². The summed E-state index contributed by atoms with van der Waals surface area (Å²) in [6, 6.07) is 10.3. The van der Waals surface area contributed by atoms with Crippen molar-refractivity contribution in [3.05, 3.63) is 42.1 Å². The van der Waals surface area contributed by atoms with Gasteiger partial charge in [-0.25, -0.2) is 0 Å². The molecule has 90 valence electrons. The van der Waals surface area contributed by atoms with Crippen LogP contribution in [0.15, 0.2) is 36.5 Å². The summed E-state index contributed by atoms with van der Waals surface area (Å²) in [5.74, 6) is 0. The van der Waals surface area contributed by atoms with Gasteiger partial charge in [0.2, 0.25) is 0 Å². The number of nitrogens with zero attached hydrogens (tertiary/aromatic N) is 2. The molecule has 2 aromatic rings. The highest BCUT2D eigenvalue weighted by Crippen LogP contribution is 2.14. The molecule has 0 aliphatic heterocycles. The van der Waals surface area contributed by atoms with Crippen LogP contribution in [0.5, 0.6) is 0 Å². The summed E-state index contributed by atoms with van der Waals surface area (Å²) in [6.07, 6.45) is 1.52. The fraction of sp³-hybridized carbons (Fsp3) is 0.357. The van der Waals surface area contributed by atoms with Gasteiger partial charge in [0.05, 0.1) is 11.6 Å². The molecule has 0 saturated carbocycles. The average molecular weight is 230 g/mol. The molecule has 3 nitrogen and oxygen atoms in total. The molecule has 1 aromatic heterocycles. The van der Waals surface area contributed by atoms with Crippen LogP contribution in [0.1, 0.15) is 12.5 Å². The molecule has 3 heteroatoms. The SMILES string of the molecule is CC(O)CN(C)Cc1ccc2ncccc2c1. The van der Waals surface area contributed by atoms with E-state index >= 15 is 0 Å².